The van der Waals surface area contributed by atoms with Gasteiger partial charge in [-0.05, 0) is 18.5 Å². The molecule has 5 heteroatoms. The van der Waals surface area contributed by atoms with Crippen LogP contribution in [0.5, 0.6) is 0 Å². The zero-order valence-corrected chi connectivity index (χ0v) is 9.00. The Morgan fingerprint density at radius 1 is 1.27 bits per heavy atom. The van der Waals surface area contributed by atoms with Crippen LogP contribution >= 0.6 is 12.4 Å². The lowest BCUT2D eigenvalue weighted by Gasteiger charge is -2.04. The van der Waals surface area contributed by atoms with Crippen LogP contribution in [0.3, 0.4) is 0 Å². The van der Waals surface area contributed by atoms with Gasteiger partial charge < -0.3 is 5.73 Å². The molecule has 2 rings (SSSR count). The lowest BCUT2D eigenvalue weighted by Crippen LogP contribution is -2.03. The molecule has 1 aromatic heterocycles. The molecule has 0 aliphatic carbocycles. The van der Waals surface area contributed by atoms with E-state index in [0.717, 1.165) is 17.7 Å². The first-order valence-corrected chi connectivity index (χ1v) is 4.56. The highest BCUT2D eigenvalue weighted by atomic mass is 35.5. The highest BCUT2D eigenvalue weighted by Crippen LogP contribution is 2.20. The lowest BCUT2D eigenvalue weighted by atomic mass is 10.0. The molecule has 0 radical (unpaired) electrons. The van der Waals surface area contributed by atoms with E-state index in [4.69, 9.17) is 5.73 Å². The fourth-order valence-electron chi connectivity index (χ4n) is 1.48. The van der Waals surface area contributed by atoms with Crippen LogP contribution in [0.15, 0.2) is 30.5 Å². The van der Waals surface area contributed by atoms with Crippen molar-refractivity contribution in [2.45, 2.75) is 6.42 Å². The average molecular weight is 225 g/mol. The maximum Gasteiger partial charge on any atom is 0.113 e. The van der Waals surface area contributed by atoms with Crippen LogP contribution in [-0.4, -0.2) is 22.0 Å². The number of nitrogens with one attached hydrogen (secondary N) is 1. The minimum absolute atomic E-state index is 0. The van der Waals surface area contributed by atoms with E-state index in [2.05, 4.69) is 21.5 Å². The van der Waals surface area contributed by atoms with Crippen molar-refractivity contribution in [1.29, 1.82) is 0 Å². The van der Waals surface area contributed by atoms with Crippen molar-refractivity contribution in [3.63, 3.8) is 0 Å². The molecule has 15 heavy (non-hydrogen) atoms. The number of benzene rings is 1. The number of rotatable bonds is 3. The smallest absolute Gasteiger partial charge is 0.113 e. The van der Waals surface area contributed by atoms with Crippen molar-refractivity contribution in [3.05, 3.63) is 36.0 Å². The second-order valence-electron chi connectivity index (χ2n) is 3.05. The molecule has 1 aromatic carbocycles. The third-order valence-electron chi connectivity index (χ3n) is 2.12. The quantitative estimate of drug-likeness (QED) is 0.828. The van der Waals surface area contributed by atoms with Crippen molar-refractivity contribution >= 4 is 12.4 Å². The van der Waals surface area contributed by atoms with E-state index in [1.807, 2.05) is 18.2 Å². The van der Waals surface area contributed by atoms with Crippen molar-refractivity contribution in [3.8, 4) is 11.3 Å². The van der Waals surface area contributed by atoms with E-state index in [1.165, 1.54) is 5.56 Å². The van der Waals surface area contributed by atoms with Gasteiger partial charge in [0.25, 0.3) is 0 Å². The Morgan fingerprint density at radius 3 is 2.73 bits per heavy atom. The number of hydrogen-bond donors (Lipinski definition) is 2. The normalized spacial score (nSPS) is 9.67. The van der Waals surface area contributed by atoms with Crippen molar-refractivity contribution in [2.24, 2.45) is 5.73 Å². The van der Waals surface area contributed by atoms with Crippen molar-refractivity contribution in [1.82, 2.24) is 15.4 Å². The molecule has 0 amide bonds. The summed E-state index contributed by atoms with van der Waals surface area (Å²) < 4.78 is 0. The van der Waals surface area contributed by atoms with Gasteiger partial charge >= 0.3 is 0 Å². The molecular formula is C10H13ClN4. The number of hydrogen-bond acceptors (Lipinski definition) is 3. The van der Waals surface area contributed by atoms with Crippen LogP contribution in [0.2, 0.25) is 0 Å². The van der Waals surface area contributed by atoms with Gasteiger partial charge in [0.05, 0.1) is 6.20 Å². The Balaban J connectivity index is 0.00000112. The standard InChI is InChI=1S/C10H12N4.ClH/c11-6-5-8-3-1-2-4-9(8)10-7-12-14-13-10;/h1-4,7H,5-6,11H2,(H,12,13,14);1H. The molecule has 0 fully saturated rings. The summed E-state index contributed by atoms with van der Waals surface area (Å²) in [6.45, 7) is 0.648. The van der Waals surface area contributed by atoms with Crippen LogP contribution in [0, 0.1) is 0 Å². The van der Waals surface area contributed by atoms with Gasteiger partial charge in [-0.2, -0.15) is 15.4 Å². The number of H-pyrrole nitrogens is 1. The Morgan fingerprint density at radius 2 is 2.07 bits per heavy atom. The van der Waals surface area contributed by atoms with Crippen LogP contribution in [-0.2, 0) is 6.42 Å². The van der Waals surface area contributed by atoms with Gasteiger partial charge in [-0.15, -0.1) is 12.4 Å². The van der Waals surface area contributed by atoms with Gasteiger partial charge in [0.1, 0.15) is 5.69 Å². The number of aromatic nitrogens is 3. The molecule has 80 valence electrons. The third kappa shape index (κ3) is 2.55. The Bertz CT molecular complexity index is 400. The summed E-state index contributed by atoms with van der Waals surface area (Å²) in [7, 11) is 0. The minimum atomic E-state index is 0. The zero-order valence-electron chi connectivity index (χ0n) is 8.18. The summed E-state index contributed by atoms with van der Waals surface area (Å²) in [4.78, 5) is 0. The summed E-state index contributed by atoms with van der Waals surface area (Å²) >= 11 is 0. The summed E-state index contributed by atoms with van der Waals surface area (Å²) in [5.74, 6) is 0. The first-order chi connectivity index (χ1) is 6.92. The molecule has 1 heterocycles. The molecule has 3 N–H and O–H groups in total. The highest BCUT2D eigenvalue weighted by molar-refractivity contribution is 5.85. The fourth-order valence-corrected chi connectivity index (χ4v) is 1.48. The monoisotopic (exact) mass is 224 g/mol. The SMILES string of the molecule is Cl.NCCc1ccccc1-c1cn[nH]n1. The molecule has 0 aliphatic heterocycles. The van der Waals surface area contributed by atoms with E-state index in [-0.39, 0.29) is 12.4 Å². The molecule has 0 aliphatic rings. The second kappa shape index (κ2) is 5.48. The Kier molecular flexibility index (Phi) is 4.27. The van der Waals surface area contributed by atoms with Gasteiger partial charge in [-0.25, -0.2) is 0 Å². The highest BCUT2D eigenvalue weighted by Gasteiger charge is 2.05. The maximum atomic E-state index is 5.54. The Labute approximate surface area is 94.3 Å². The van der Waals surface area contributed by atoms with Gasteiger partial charge in [0, 0.05) is 5.56 Å². The number of halogens is 1. The second-order valence-corrected chi connectivity index (χ2v) is 3.05. The van der Waals surface area contributed by atoms with E-state index in [1.54, 1.807) is 6.20 Å². The summed E-state index contributed by atoms with van der Waals surface area (Å²) in [5.41, 5.74) is 8.72. The summed E-state index contributed by atoms with van der Waals surface area (Å²) in [6, 6.07) is 8.10. The van der Waals surface area contributed by atoms with Gasteiger partial charge in [0.2, 0.25) is 0 Å². The molecule has 0 saturated heterocycles. The average Bonchev–Trinajstić information content (AvgIpc) is 2.72. The van der Waals surface area contributed by atoms with Crippen LogP contribution in [0.4, 0.5) is 0 Å². The van der Waals surface area contributed by atoms with E-state index in [9.17, 15) is 0 Å². The molecule has 0 spiro atoms. The van der Waals surface area contributed by atoms with Crippen LogP contribution in [0.1, 0.15) is 5.56 Å². The van der Waals surface area contributed by atoms with Crippen molar-refractivity contribution in [2.75, 3.05) is 6.54 Å². The van der Waals surface area contributed by atoms with Crippen molar-refractivity contribution < 1.29 is 0 Å². The van der Waals surface area contributed by atoms with Gasteiger partial charge in [-0.3, -0.25) is 0 Å². The molecule has 0 unspecified atom stereocenters. The predicted molar refractivity (Wildman–Crippen MR) is 61.8 cm³/mol. The number of aromatic amines is 1. The molecule has 0 bridgehead atoms. The third-order valence-corrected chi connectivity index (χ3v) is 2.12. The molecule has 0 saturated carbocycles. The fraction of sp³-hybridized carbons (Fsp3) is 0.200. The first-order valence-electron chi connectivity index (χ1n) is 4.56. The predicted octanol–water partition coefficient (Wildman–Crippen LogP) is 1.39. The van der Waals surface area contributed by atoms with Crippen LogP contribution in [0.25, 0.3) is 11.3 Å². The zero-order chi connectivity index (χ0) is 9.80. The van der Waals surface area contributed by atoms with E-state index < -0.39 is 0 Å². The van der Waals surface area contributed by atoms with Gasteiger partial charge in [-0.1, -0.05) is 24.3 Å². The summed E-state index contributed by atoms with van der Waals surface area (Å²) in [5, 5.41) is 10.5. The molecular weight excluding hydrogens is 212 g/mol. The largest absolute Gasteiger partial charge is 0.330 e. The lowest BCUT2D eigenvalue weighted by molar-refractivity contribution is 0.938. The molecule has 2 aromatic rings. The Hall–Kier alpha value is -1.39. The van der Waals surface area contributed by atoms with E-state index in [0.29, 0.717) is 6.54 Å². The minimum Gasteiger partial charge on any atom is -0.330 e. The molecule has 4 nitrogen and oxygen atoms in total. The van der Waals surface area contributed by atoms with Gasteiger partial charge in [0.15, 0.2) is 0 Å². The van der Waals surface area contributed by atoms with E-state index >= 15 is 0 Å². The topological polar surface area (TPSA) is 67.6 Å². The molecule has 0 atom stereocenters. The maximum absolute atomic E-state index is 5.54. The first kappa shape index (κ1) is 11.7. The number of nitrogens with two attached hydrogens (primary N) is 1. The number of nitrogens with zero attached hydrogens (tertiary/aromatic N) is 2. The van der Waals surface area contributed by atoms with Crippen LogP contribution < -0.4 is 5.73 Å². The summed E-state index contributed by atoms with van der Waals surface area (Å²) in [6.07, 6.45) is 2.58.